The lowest BCUT2D eigenvalue weighted by atomic mass is 10.0. The Morgan fingerprint density at radius 2 is 2.20 bits per heavy atom. The normalized spacial score (nSPS) is 10.9. The lowest BCUT2D eigenvalue weighted by Crippen LogP contribution is -2.04. The third kappa shape index (κ3) is 2.22. The summed E-state index contributed by atoms with van der Waals surface area (Å²) in [6.07, 6.45) is 6.46. The Morgan fingerprint density at radius 3 is 3.05 bits per heavy atom. The lowest BCUT2D eigenvalue weighted by molar-refractivity contribution is 0.0994. The highest BCUT2D eigenvalue weighted by Crippen LogP contribution is 2.22. The first-order valence-electron chi connectivity index (χ1n) is 5.90. The first kappa shape index (κ1) is 12.9. The van der Waals surface area contributed by atoms with Crippen LogP contribution in [0.5, 0.6) is 0 Å². The van der Waals surface area contributed by atoms with E-state index in [1.165, 1.54) is 12.3 Å². The van der Waals surface area contributed by atoms with Crippen LogP contribution in [0.4, 0.5) is 4.39 Å². The van der Waals surface area contributed by atoms with Crippen LogP contribution < -0.4 is 0 Å². The molecule has 100 valence electrons. The maximum atomic E-state index is 13.4. The molecule has 1 aromatic carbocycles. The molecule has 0 spiro atoms. The summed E-state index contributed by atoms with van der Waals surface area (Å²) in [7, 11) is 0. The summed E-state index contributed by atoms with van der Waals surface area (Å²) < 4.78 is 15.3. The Balaban J connectivity index is 1.95. The third-order valence-electron chi connectivity index (χ3n) is 3.01. The van der Waals surface area contributed by atoms with Gasteiger partial charge < -0.3 is 0 Å². The molecule has 0 saturated carbocycles. The molecule has 2 heterocycles. The van der Waals surface area contributed by atoms with Crippen molar-refractivity contribution in [1.29, 1.82) is 0 Å². The zero-order valence-corrected chi connectivity index (χ0v) is 11.8. The van der Waals surface area contributed by atoms with Crippen LogP contribution in [-0.4, -0.2) is 20.4 Å². The Labute approximate surface area is 122 Å². The van der Waals surface area contributed by atoms with E-state index in [9.17, 15) is 9.18 Å². The number of ketones is 1. The van der Waals surface area contributed by atoms with E-state index in [2.05, 4.69) is 26.0 Å². The van der Waals surface area contributed by atoms with Crippen LogP contribution >= 0.6 is 15.9 Å². The molecule has 0 radical (unpaired) electrons. The minimum Gasteiger partial charge on any atom is -0.294 e. The van der Waals surface area contributed by atoms with Crippen molar-refractivity contribution in [2.75, 3.05) is 0 Å². The molecule has 2 aromatic heterocycles. The summed E-state index contributed by atoms with van der Waals surface area (Å²) >= 11 is 3.16. The summed E-state index contributed by atoms with van der Waals surface area (Å²) in [4.78, 5) is 16.3. The first-order valence-corrected chi connectivity index (χ1v) is 6.69. The highest BCUT2D eigenvalue weighted by molar-refractivity contribution is 9.10. The number of aromatic nitrogens is 3. The first-order chi connectivity index (χ1) is 9.66. The van der Waals surface area contributed by atoms with Gasteiger partial charge in [-0.25, -0.2) is 8.91 Å². The van der Waals surface area contributed by atoms with Gasteiger partial charge in [0.15, 0.2) is 5.78 Å². The van der Waals surface area contributed by atoms with E-state index in [0.717, 1.165) is 0 Å². The van der Waals surface area contributed by atoms with Gasteiger partial charge in [-0.15, -0.1) is 0 Å². The quantitative estimate of drug-likeness (QED) is 0.692. The molecule has 0 aliphatic carbocycles. The number of Topliss-reactive ketones (excluding diaryl/α,β-unsaturated/α-hetero) is 1. The maximum absolute atomic E-state index is 13.4. The molecular formula is C14H9BrFN3O. The van der Waals surface area contributed by atoms with Crippen molar-refractivity contribution < 1.29 is 9.18 Å². The van der Waals surface area contributed by atoms with Gasteiger partial charge in [0.2, 0.25) is 0 Å². The largest absolute Gasteiger partial charge is 0.294 e. The van der Waals surface area contributed by atoms with Gasteiger partial charge in [-0.2, -0.15) is 5.10 Å². The van der Waals surface area contributed by atoms with Crippen molar-refractivity contribution >= 4 is 27.2 Å². The van der Waals surface area contributed by atoms with Crippen molar-refractivity contribution in [3.63, 3.8) is 0 Å². The minimum absolute atomic E-state index is 0.106. The van der Waals surface area contributed by atoms with Crippen molar-refractivity contribution in [2.24, 2.45) is 0 Å². The Morgan fingerprint density at radius 1 is 1.35 bits per heavy atom. The van der Waals surface area contributed by atoms with Crippen molar-refractivity contribution in [3.8, 4) is 0 Å². The number of benzene rings is 1. The van der Waals surface area contributed by atoms with Gasteiger partial charge in [0.1, 0.15) is 5.82 Å². The Hall–Kier alpha value is -2.08. The molecule has 3 rings (SSSR count). The molecule has 0 atom stereocenters. The number of fused-ring (bicyclic) bond motifs is 1. The van der Waals surface area contributed by atoms with E-state index < -0.39 is 0 Å². The number of carbonyl (C=O) groups is 1. The molecule has 0 saturated heterocycles. The van der Waals surface area contributed by atoms with Gasteiger partial charge in [0.25, 0.3) is 0 Å². The van der Waals surface area contributed by atoms with E-state index in [-0.39, 0.29) is 18.0 Å². The number of hydrogen-bond acceptors (Lipinski definition) is 3. The van der Waals surface area contributed by atoms with Gasteiger partial charge in [-0.1, -0.05) is 12.1 Å². The van der Waals surface area contributed by atoms with Crippen LogP contribution in [0, 0.1) is 5.82 Å². The van der Waals surface area contributed by atoms with E-state index >= 15 is 0 Å². The lowest BCUT2D eigenvalue weighted by Gasteiger charge is -2.04. The highest BCUT2D eigenvalue weighted by Gasteiger charge is 2.15. The van der Waals surface area contributed by atoms with Crippen LogP contribution in [0.25, 0.3) is 5.52 Å². The monoisotopic (exact) mass is 333 g/mol. The van der Waals surface area contributed by atoms with Crippen LogP contribution in [0.15, 0.2) is 47.5 Å². The van der Waals surface area contributed by atoms with Gasteiger partial charge in [0.05, 0.1) is 27.9 Å². The smallest absolute Gasteiger partial charge is 0.171 e. The number of nitrogens with zero attached hydrogens (tertiary/aromatic N) is 3. The molecule has 4 nitrogen and oxygen atoms in total. The third-order valence-corrected chi connectivity index (χ3v) is 3.90. The number of carbonyl (C=O) groups excluding carboxylic acids is 1. The average Bonchev–Trinajstić information content (AvgIpc) is 2.88. The fraction of sp³-hybridized carbons (Fsp3) is 0.0714. The van der Waals surface area contributed by atoms with Crippen LogP contribution in [0.3, 0.4) is 0 Å². The molecule has 0 fully saturated rings. The second kappa shape index (κ2) is 5.13. The number of hydrogen-bond donors (Lipinski definition) is 0. The maximum Gasteiger partial charge on any atom is 0.171 e. The zero-order valence-electron chi connectivity index (χ0n) is 10.3. The summed E-state index contributed by atoms with van der Waals surface area (Å²) in [5.74, 6) is -0.504. The highest BCUT2D eigenvalue weighted by atomic mass is 79.9. The summed E-state index contributed by atoms with van der Waals surface area (Å²) in [6, 6.07) is 4.65. The predicted molar refractivity (Wildman–Crippen MR) is 75.1 cm³/mol. The van der Waals surface area contributed by atoms with E-state index in [1.807, 2.05) is 0 Å². The number of rotatable bonds is 3. The molecule has 0 amide bonds. The summed E-state index contributed by atoms with van der Waals surface area (Å²) in [6.45, 7) is 0. The molecule has 20 heavy (non-hydrogen) atoms. The summed E-state index contributed by atoms with van der Waals surface area (Å²) in [5, 5.41) is 4.09. The van der Waals surface area contributed by atoms with Gasteiger partial charge >= 0.3 is 0 Å². The van der Waals surface area contributed by atoms with Crippen LogP contribution in [-0.2, 0) is 6.42 Å². The van der Waals surface area contributed by atoms with Crippen LogP contribution in [0.2, 0.25) is 0 Å². The van der Waals surface area contributed by atoms with Gasteiger partial charge in [-0.3, -0.25) is 9.78 Å². The topological polar surface area (TPSA) is 47.3 Å². The van der Waals surface area contributed by atoms with E-state index in [1.54, 1.807) is 35.2 Å². The molecule has 3 aromatic rings. The molecule has 0 aliphatic rings. The van der Waals surface area contributed by atoms with Crippen molar-refractivity contribution in [2.45, 2.75) is 6.42 Å². The van der Waals surface area contributed by atoms with Crippen molar-refractivity contribution in [1.82, 2.24) is 14.6 Å². The zero-order chi connectivity index (χ0) is 14.1. The van der Waals surface area contributed by atoms with Gasteiger partial charge in [-0.05, 0) is 27.6 Å². The van der Waals surface area contributed by atoms with E-state index in [0.29, 0.717) is 21.1 Å². The molecular weight excluding hydrogens is 325 g/mol. The SMILES string of the molecule is O=C(Cc1cccc(F)c1Br)c1cnn2ccncc12. The second-order valence-corrected chi connectivity index (χ2v) is 5.07. The number of halogens is 2. The molecule has 0 unspecified atom stereocenters. The molecule has 6 heteroatoms. The molecule has 0 N–H and O–H groups in total. The second-order valence-electron chi connectivity index (χ2n) is 4.28. The molecule has 0 bridgehead atoms. The predicted octanol–water partition coefficient (Wildman–Crippen LogP) is 3.06. The Bertz CT molecular complexity index is 800. The standard InChI is InChI=1S/C14H9BrFN3O/c15-14-9(2-1-3-11(14)16)6-13(20)10-7-18-19-5-4-17-8-12(10)19/h1-5,7-8H,6H2. The van der Waals surface area contributed by atoms with Crippen LogP contribution in [0.1, 0.15) is 15.9 Å². The van der Waals surface area contributed by atoms with Gasteiger partial charge in [0, 0.05) is 18.8 Å². The minimum atomic E-state index is -0.378. The van der Waals surface area contributed by atoms with Crippen molar-refractivity contribution in [3.05, 3.63) is 64.4 Å². The summed E-state index contributed by atoms with van der Waals surface area (Å²) in [5.41, 5.74) is 1.73. The fourth-order valence-corrected chi connectivity index (χ4v) is 2.41. The molecule has 0 aliphatic heterocycles. The Kier molecular flexibility index (Phi) is 3.31. The fourth-order valence-electron chi connectivity index (χ4n) is 2.00. The average molecular weight is 334 g/mol. The van der Waals surface area contributed by atoms with E-state index in [4.69, 9.17) is 0 Å².